The minimum atomic E-state index is 0. The van der Waals surface area contributed by atoms with E-state index >= 15 is 0 Å². The second-order valence-corrected chi connectivity index (χ2v) is 4.28. The molecule has 4 heteroatoms. The van der Waals surface area contributed by atoms with Gasteiger partial charge in [0.2, 0.25) is 5.91 Å². The number of hydrogen-bond donors (Lipinski definition) is 1. The molecule has 1 atom stereocenters. The van der Waals surface area contributed by atoms with Gasteiger partial charge in [-0.25, -0.2) is 0 Å². The van der Waals surface area contributed by atoms with Crippen LogP contribution in [0, 0.1) is 5.92 Å². The normalized spacial score (nSPS) is 19.2. The number of carbonyl (C=O) groups is 1. The zero-order chi connectivity index (χ0) is 11.4. The summed E-state index contributed by atoms with van der Waals surface area (Å²) in [5.41, 5.74) is 0.970. The molecule has 0 bridgehead atoms. The van der Waals surface area contributed by atoms with E-state index in [1.165, 1.54) is 0 Å². The number of halogens is 1. The van der Waals surface area contributed by atoms with Crippen molar-refractivity contribution in [2.75, 3.05) is 25.0 Å². The summed E-state index contributed by atoms with van der Waals surface area (Å²) >= 11 is 0. The SMILES string of the molecule is CN(C(=O)[C@@H]1CCCNC1)c1ccccc1.Cl. The Morgan fingerprint density at radius 2 is 2.06 bits per heavy atom. The van der Waals surface area contributed by atoms with Crippen molar-refractivity contribution in [1.29, 1.82) is 0 Å². The van der Waals surface area contributed by atoms with Crippen LogP contribution in [0.4, 0.5) is 5.69 Å². The molecule has 17 heavy (non-hydrogen) atoms. The zero-order valence-corrected chi connectivity index (χ0v) is 10.9. The van der Waals surface area contributed by atoms with Crippen LogP contribution in [0.2, 0.25) is 0 Å². The van der Waals surface area contributed by atoms with Crippen molar-refractivity contribution < 1.29 is 4.79 Å². The van der Waals surface area contributed by atoms with Crippen molar-refractivity contribution in [2.45, 2.75) is 12.8 Å². The molecule has 1 aliphatic heterocycles. The lowest BCUT2D eigenvalue weighted by Gasteiger charge is -2.27. The number of hydrogen-bond acceptors (Lipinski definition) is 2. The van der Waals surface area contributed by atoms with Gasteiger partial charge in [0.05, 0.1) is 5.92 Å². The third-order valence-corrected chi connectivity index (χ3v) is 3.12. The minimum absolute atomic E-state index is 0. The number of amides is 1. The highest BCUT2D eigenvalue weighted by Gasteiger charge is 2.24. The summed E-state index contributed by atoms with van der Waals surface area (Å²) < 4.78 is 0. The molecule has 1 aromatic carbocycles. The third-order valence-electron chi connectivity index (χ3n) is 3.12. The molecular weight excluding hydrogens is 236 g/mol. The number of anilines is 1. The van der Waals surface area contributed by atoms with Gasteiger partial charge >= 0.3 is 0 Å². The van der Waals surface area contributed by atoms with Gasteiger partial charge in [0.1, 0.15) is 0 Å². The summed E-state index contributed by atoms with van der Waals surface area (Å²) in [7, 11) is 1.85. The number of para-hydroxylation sites is 1. The molecule has 0 unspecified atom stereocenters. The summed E-state index contributed by atoms with van der Waals surface area (Å²) in [6.07, 6.45) is 2.10. The fourth-order valence-corrected chi connectivity index (χ4v) is 2.12. The Labute approximate surface area is 109 Å². The van der Waals surface area contributed by atoms with E-state index in [0.29, 0.717) is 0 Å². The number of nitrogens with zero attached hydrogens (tertiary/aromatic N) is 1. The van der Waals surface area contributed by atoms with Gasteiger partial charge in [-0.1, -0.05) is 18.2 Å². The van der Waals surface area contributed by atoms with Crippen molar-refractivity contribution in [1.82, 2.24) is 5.32 Å². The lowest BCUT2D eigenvalue weighted by Crippen LogP contribution is -2.41. The number of piperidine rings is 1. The number of benzene rings is 1. The van der Waals surface area contributed by atoms with E-state index in [4.69, 9.17) is 0 Å². The van der Waals surface area contributed by atoms with Crippen LogP contribution in [-0.2, 0) is 4.79 Å². The Balaban J connectivity index is 0.00000144. The van der Waals surface area contributed by atoms with Gasteiger partial charge in [0, 0.05) is 19.3 Å². The van der Waals surface area contributed by atoms with Crippen LogP contribution in [0.1, 0.15) is 12.8 Å². The lowest BCUT2D eigenvalue weighted by molar-refractivity contribution is -0.122. The molecule has 0 saturated carbocycles. The van der Waals surface area contributed by atoms with Crippen LogP contribution >= 0.6 is 12.4 Å². The van der Waals surface area contributed by atoms with Crippen molar-refractivity contribution in [2.24, 2.45) is 5.92 Å². The highest BCUT2D eigenvalue weighted by molar-refractivity contribution is 5.94. The van der Waals surface area contributed by atoms with E-state index in [1.807, 2.05) is 37.4 Å². The largest absolute Gasteiger partial charge is 0.316 e. The molecule has 1 aliphatic rings. The van der Waals surface area contributed by atoms with E-state index < -0.39 is 0 Å². The monoisotopic (exact) mass is 254 g/mol. The Bertz CT molecular complexity index is 350. The fourth-order valence-electron chi connectivity index (χ4n) is 2.12. The van der Waals surface area contributed by atoms with E-state index in [9.17, 15) is 4.79 Å². The molecule has 1 amide bonds. The molecule has 0 radical (unpaired) electrons. The molecule has 2 rings (SSSR count). The molecule has 1 fully saturated rings. The van der Waals surface area contributed by atoms with Crippen LogP contribution in [0.15, 0.2) is 30.3 Å². The zero-order valence-electron chi connectivity index (χ0n) is 10.1. The molecule has 1 aromatic rings. The van der Waals surface area contributed by atoms with Gasteiger partial charge in [-0.05, 0) is 31.5 Å². The quantitative estimate of drug-likeness (QED) is 0.876. The first-order valence-electron chi connectivity index (χ1n) is 5.82. The predicted octanol–water partition coefficient (Wildman–Crippen LogP) is 2.07. The lowest BCUT2D eigenvalue weighted by atomic mass is 9.98. The smallest absolute Gasteiger partial charge is 0.231 e. The Morgan fingerprint density at radius 1 is 1.35 bits per heavy atom. The van der Waals surface area contributed by atoms with Gasteiger partial charge in [-0.2, -0.15) is 0 Å². The second-order valence-electron chi connectivity index (χ2n) is 4.28. The van der Waals surface area contributed by atoms with E-state index in [1.54, 1.807) is 4.90 Å². The summed E-state index contributed by atoms with van der Waals surface area (Å²) in [4.78, 5) is 13.9. The Kier molecular flexibility index (Phi) is 5.45. The Morgan fingerprint density at radius 3 is 2.65 bits per heavy atom. The van der Waals surface area contributed by atoms with Crippen molar-refractivity contribution >= 4 is 24.0 Å². The molecule has 94 valence electrons. The van der Waals surface area contributed by atoms with E-state index in [0.717, 1.165) is 31.6 Å². The van der Waals surface area contributed by atoms with E-state index in [2.05, 4.69) is 5.32 Å². The maximum absolute atomic E-state index is 12.2. The summed E-state index contributed by atoms with van der Waals surface area (Å²) in [6, 6.07) is 9.81. The highest BCUT2D eigenvalue weighted by Crippen LogP contribution is 2.18. The second kappa shape index (κ2) is 6.62. The predicted molar refractivity (Wildman–Crippen MR) is 72.7 cm³/mol. The molecule has 1 heterocycles. The van der Waals surface area contributed by atoms with Crippen LogP contribution in [-0.4, -0.2) is 26.0 Å². The van der Waals surface area contributed by atoms with Crippen LogP contribution < -0.4 is 10.2 Å². The molecule has 3 nitrogen and oxygen atoms in total. The van der Waals surface area contributed by atoms with Gasteiger partial charge in [0.25, 0.3) is 0 Å². The number of rotatable bonds is 2. The third kappa shape index (κ3) is 3.45. The minimum Gasteiger partial charge on any atom is -0.316 e. The highest BCUT2D eigenvalue weighted by atomic mass is 35.5. The first kappa shape index (κ1) is 14.0. The van der Waals surface area contributed by atoms with Gasteiger partial charge < -0.3 is 10.2 Å². The van der Waals surface area contributed by atoms with E-state index in [-0.39, 0.29) is 24.2 Å². The first-order chi connectivity index (χ1) is 7.79. The summed E-state index contributed by atoms with van der Waals surface area (Å²) in [5.74, 6) is 0.359. The van der Waals surface area contributed by atoms with Crippen LogP contribution in [0.25, 0.3) is 0 Å². The van der Waals surface area contributed by atoms with Crippen molar-refractivity contribution in [3.8, 4) is 0 Å². The standard InChI is InChI=1S/C13H18N2O.ClH/c1-15(12-7-3-2-4-8-12)13(16)11-6-5-9-14-10-11;/h2-4,7-8,11,14H,5-6,9-10H2,1H3;1H/t11-;/m1./s1. The molecule has 1 N–H and O–H groups in total. The van der Waals surface area contributed by atoms with Crippen LogP contribution in [0.3, 0.4) is 0 Å². The van der Waals surface area contributed by atoms with Gasteiger partial charge in [-0.15, -0.1) is 12.4 Å². The van der Waals surface area contributed by atoms with Gasteiger partial charge in [-0.3, -0.25) is 4.79 Å². The molecule has 0 aromatic heterocycles. The summed E-state index contributed by atoms with van der Waals surface area (Å²) in [6.45, 7) is 1.86. The van der Waals surface area contributed by atoms with Gasteiger partial charge in [0.15, 0.2) is 0 Å². The average molecular weight is 255 g/mol. The number of nitrogens with one attached hydrogen (secondary N) is 1. The average Bonchev–Trinajstić information content (AvgIpc) is 2.39. The summed E-state index contributed by atoms with van der Waals surface area (Å²) in [5, 5.41) is 3.27. The topological polar surface area (TPSA) is 32.3 Å². The molecule has 0 aliphatic carbocycles. The maximum atomic E-state index is 12.2. The molecule has 1 saturated heterocycles. The fraction of sp³-hybridized carbons (Fsp3) is 0.462. The molecule has 0 spiro atoms. The first-order valence-corrected chi connectivity index (χ1v) is 5.82. The van der Waals surface area contributed by atoms with Crippen molar-refractivity contribution in [3.05, 3.63) is 30.3 Å². The van der Waals surface area contributed by atoms with Crippen molar-refractivity contribution in [3.63, 3.8) is 0 Å². The van der Waals surface area contributed by atoms with Crippen LogP contribution in [0.5, 0.6) is 0 Å². The molecular formula is C13H19ClN2O. The maximum Gasteiger partial charge on any atom is 0.231 e. The Hall–Kier alpha value is -1.06. The number of carbonyl (C=O) groups excluding carboxylic acids is 1.